The van der Waals surface area contributed by atoms with E-state index in [4.69, 9.17) is 16.3 Å². The molecule has 1 aromatic carbocycles. The quantitative estimate of drug-likeness (QED) is 0.566. The van der Waals surface area contributed by atoms with E-state index in [1.165, 1.54) is 0 Å². The van der Waals surface area contributed by atoms with E-state index in [0.717, 1.165) is 19.3 Å². The lowest BCUT2D eigenvalue weighted by molar-refractivity contribution is 0.0498. The number of esters is 1. The molecule has 2 nitrogen and oxygen atoms in total. The molecule has 1 rings (SSSR count). The van der Waals surface area contributed by atoms with Crippen LogP contribution in [0.15, 0.2) is 24.3 Å². The average molecular weight is 227 g/mol. The van der Waals surface area contributed by atoms with Crippen LogP contribution in [0.5, 0.6) is 0 Å². The first kappa shape index (κ1) is 12.1. The van der Waals surface area contributed by atoms with Crippen molar-refractivity contribution >= 4 is 17.6 Å². The summed E-state index contributed by atoms with van der Waals surface area (Å²) in [5, 5.41) is 0.443. The minimum atomic E-state index is -0.336. The summed E-state index contributed by atoms with van der Waals surface area (Å²) >= 11 is 5.86. The van der Waals surface area contributed by atoms with Crippen molar-refractivity contribution in [1.82, 2.24) is 0 Å². The van der Waals surface area contributed by atoms with Gasteiger partial charge < -0.3 is 4.74 Å². The van der Waals surface area contributed by atoms with Gasteiger partial charge in [0.2, 0.25) is 0 Å². The number of carbonyl (C=O) groups is 1. The summed E-state index contributed by atoms with van der Waals surface area (Å²) in [4.78, 5) is 11.5. The molecule has 15 heavy (non-hydrogen) atoms. The minimum Gasteiger partial charge on any atom is -0.462 e. The van der Waals surface area contributed by atoms with Gasteiger partial charge in [0.1, 0.15) is 0 Å². The van der Waals surface area contributed by atoms with Crippen LogP contribution in [-0.2, 0) is 4.74 Å². The second-order valence-electron chi connectivity index (χ2n) is 3.32. The van der Waals surface area contributed by atoms with Crippen molar-refractivity contribution in [2.24, 2.45) is 0 Å². The van der Waals surface area contributed by atoms with Gasteiger partial charge in [-0.3, -0.25) is 0 Å². The van der Waals surface area contributed by atoms with Crippen LogP contribution in [0.2, 0.25) is 5.02 Å². The van der Waals surface area contributed by atoms with Gasteiger partial charge in [-0.05, 0) is 18.6 Å². The standard InChI is InChI=1S/C12H15ClO2/c1-2-3-6-9-15-12(14)10-7-4-5-8-11(10)13/h4-5,7-8H,2-3,6,9H2,1H3. The van der Waals surface area contributed by atoms with E-state index in [0.29, 0.717) is 17.2 Å². The van der Waals surface area contributed by atoms with Crippen LogP contribution in [0.25, 0.3) is 0 Å². The number of carbonyl (C=O) groups excluding carboxylic acids is 1. The topological polar surface area (TPSA) is 26.3 Å². The maximum absolute atomic E-state index is 11.5. The lowest BCUT2D eigenvalue weighted by atomic mass is 10.2. The van der Waals surface area contributed by atoms with Gasteiger partial charge in [-0.1, -0.05) is 43.5 Å². The lowest BCUT2D eigenvalue weighted by Gasteiger charge is -2.05. The van der Waals surface area contributed by atoms with Crippen molar-refractivity contribution in [3.05, 3.63) is 34.9 Å². The van der Waals surface area contributed by atoms with Gasteiger partial charge in [0.05, 0.1) is 17.2 Å². The molecule has 0 bridgehead atoms. The SMILES string of the molecule is CCCCCOC(=O)c1ccccc1Cl. The maximum Gasteiger partial charge on any atom is 0.339 e. The molecule has 0 radical (unpaired) electrons. The summed E-state index contributed by atoms with van der Waals surface area (Å²) in [6.45, 7) is 2.58. The Morgan fingerprint density at radius 2 is 2.07 bits per heavy atom. The molecular weight excluding hydrogens is 212 g/mol. The van der Waals surface area contributed by atoms with Gasteiger partial charge in [-0.15, -0.1) is 0 Å². The van der Waals surface area contributed by atoms with Crippen molar-refractivity contribution in [3.63, 3.8) is 0 Å². The molecule has 0 aromatic heterocycles. The highest BCUT2D eigenvalue weighted by molar-refractivity contribution is 6.33. The fraction of sp³-hybridized carbons (Fsp3) is 0.417. The largest absolute Gasteiger partial charge is 0.462 e. The summed E-state index contributed by atoms with van der Waals surface area (Å²) in [5.74, 6) is -0.336. The Balaban J connectivity index is 2.44. The van der Waals surface area contributed by atoms with Gasteiger partial charge in [0.15, 0.2) is 0 Å². The van der Waals surface area contributed by atoms with E-state index < -0.39 is 0 Å². The molecule has 0 aliphatic rings. The molecule has 0 heterocycles. The normalized spacial score (nSPS) is 10.0. The van der Waals surface area contributed by atoms with Crippen molar-refractivity contribution in [1.29, 1.82) is 0 Å². The van der Waals surface area contributed by atoms with E-state index in [9.17, 15) is 4.79 Å². The van der Waals surface area contributed by atoms with Crippen LogP contribution >= 0.6 is 11.6 Å². The molecule has 82 valence electrons. The van der Waals surface area contributed by atoms with Crippen LogP contribution in [0, 0.1) is 0 Å². The molecule has 0 N–H and O–H groups in total. The Labute approximate surface area is 95.2 Å². The zero-order chi connectivity index (χ0) is 11.1. The van der Waals surface area contributed by atoms with Gasteiger partial charge in [0.25, 0.3) is 0 Å². The monoisotopic (exact) mass is 226 g/mol. The zero-order valence-corrected chi connectivity index (χ0v) is 9.59. The average Bonchev–Trinajstić information content (AvgIpc) is 2.25. The van der Waals surface area contributed by atoms with Crippen molar-refractivity contribution in [2.75, 3.05) is 6.61 Å². The summed E-state index contributed by atoms with van der Waals surface area (Å²) in [6, 6.07) is 6.92. The van der Waals surface area contributed by atoms with Gasteiger partial charge in [-0.2, -0.15) is 0 Å². The molecule has 0 aliphatic heterocycles. The summed E-state index contributed by atoms with van der Waals surface area (Å²) < 4.78 is 5.09. The molecule has 0 fully saturated rings. The molecule has 0 amide bonds. The fourth-order valence-electron chi connectivity index (χ4n) is 1.22. The van der Waals surface area contributed by atoms with E-state index in [1.54, 1.807) is 24.3 Å². The number of hydrogen-bond donors (Lipinski definition) is 0. The molecule has 0 saturated heterocycles. The lowest BCUT2D eigenvalue weighted by Crippen LogP contribution is -2.06. The van der Waals surface area contributed by atoms with Crippen LogP contribution in [-0.4, -0.2) is 12.6 Å². The molecule has 0 unspecified atom stereocenters. The van der Waals surface area contributed by atoms with E-state index in [-0.39, 0.29) is 5.97 Å². The van der Waals surface area contributed by atoms with E-state index >= 15 is 0 Å². The van der Waals surface area contributed by atoms with Crippen LogP contribution in [0.3, 0.4) is 0 Å². The molecule has 0 atom stereocenters. The second-order valence-corrected chi connectivity index (χ2v) is 3.73. The molecule has 0 spiro atoms. The van der Waals surface area contributed by atoms with Crippen molar-refractivity contribution in [2.45, 2.75) is 26.2 Å². The maximum atomic E-state index is 11.5. The summed E-state index contributed by atoms with van der Waals surface area (Å²) in [5.41, 5.74) is 0.440. The Kier molecular flexibility index (Phi) is 5.19. The highest BCUT2D eigenvalue weighted by atomic mass is 35.5. The van der Waals surface area contributed by atoms with E-state index in [1.807, 2.05) is 0 Å². The third-order valence-corrected chi connectivity index (χ3v) is 2.40. The number of ether oxygens (including phenoxy) is 1. The number of hydrogen-bond acceptors (Lipinski definition) is 2. The minimum absolute atomic E-state index is 0.336. The Hall–Kier alpha value is -1.02. The number of halogens is 1. The molecular formula is C12H15ClO2. The Morgan fingerprint density at radius 1 is 1.33 bits per heavy atom. The third kappa shape index (κ3) is 3.92. The predicted molar refractivity (Wildman–Crippen MR) is 61.3 cm³/mol. The Morgan fingerprint density at radius 3 is 2.73 bits per heavy atom. The molecule has 1 aromatic rings. The highest BCUT2D eigenvalue weighted by Crippen LogP contribution is 2.15. The first-order valence-corrected chi connectivity index (χ1v) is 5.55. The van der Waals surface area contributed by atoms with Crippen LogP contribution < -0.4 is 0 Å². The van der Waals surface area contributed by atoms with Gasteiger partial charge in [-0.25, -0.2) is 4.79 Å². The summed E-state index contributed by atoms with van der Waals surface area (Å²) in [7, 11) is 0. The first-order valence-electron chi connectivity index (χ1n) is 5.17. The van der Waals surface area contributed by atoms with Gasteiger partial charge >= 0.3 is 5.97 Å². The van der Waals surface area contributed by atoms with Crippen LogP contribution in [0.4, 0.5) is 0 Å². The second kappa shape index (κ2) is 6.46. The number of unbranched alkanes of at least 4 members (excludes halogenated alkanes) is 2. The van der Waals surface area contributed by atoms with Crippen molar-refractivity contribution in [3.8, 4) is 0 Å². The zero-order valence-electron chi connectivity index (χ0n) is 8.83. The first-order chi connectivity index (χ1) is 7.25. The van der Waals surface area contributed by atoms with Crippen molar-refractivity contribution < 1.29 is 9.53 Å². The molecule has 3 heteroatoms. The molecule has 0 saturated carbocycles. The Bertz CT molecular complexity index is 323. The van der Waals surface area contributed by atoms with Crippen LogP contribution in [0.1, 0.15) is 36.5 Å². The fourth-order valence-corrected chi connectivity index (χ4v) is 1.43. The smallest absolute Gasteiger partial charge is 0.339 e. The highest BCUT2D eigenvalue weighted by Gasteiger charge is 2.09. The number of benzene rings is 1. The predicted octanol–water partition coefficient (Wildman–Crippen LogP) is 3.69. The summed E-state index contributed by atoms with van der Waals surface area (Å²) in [6.07, 6.45) is 3.10. The van der Waals surface area contributed by atoms with E-state index in [2.05, 4.69) is 6.92 Å². The molecule has 0 aliphatic carbocycles. The van der Waals surface area contributed by atoms with Gasteiger partial charge in [0, 0.05) is 0 Å². The number of rotatable bonds is 5. The third-order valence-electron chi connectivity index (χ3n) is 2.07.